The average molecular weight is 320 g/mol. The van der Waals surface area contributed by atoms with Crippen LogP contribution in [0, 0.1) is 5.82 Å². The first-order valence-electron chi connectivity index (χ1n) is 5.15. The quantitative estimate of drug-likeness (QED) is 0.920. The van der Waals surface area contributed by atoms with Crippen molar-refractivity contribution < 1.29 is 9.18 Å². The van der Waals surface area contributed by atoms with Gasteiger partial charge in [0, 0.05) is 11.3 Å². The molecule has 0 spiro atoms. The number of carbonyl (C=O) groups excluding carboxylic acids is 1. The molecule has 5 heteroatoms. The summed E-state index contributed by atoms with van der Waals surface area (Å²) in [6, 6.07) is 4.68. The maximum absolute atomic E-state index is 13.6. The number of hydrogen-bond acceptors (Lipinski definition) is 2. The van der Waals surface area contributed by atoms with Crippen LogP contribution < -0.4 is 5.32 Å². The van der Waals surface area contributed by atoms with Crippen LogP contribution in [0.15, 0.2) is 22.7 Å². The summed E-state index contributed by atoms with van der Waals surface area (Å²) in [7, 11) is 0. The maximum atomic E-state index is 13.6. The minimum Gasteiger partial charge on any atom is -0.351 e. The normalized spacial score (nSPS) is 11.4. The molecule has 0 heterocycles. The largest absolute Gasteiger partial charge is 0.351 e. The van der Waals surface area contributed by atoms with E-state index in [1.807, 2.05) is 20.1 Å². The van der Waals surface area contributed by atoms with Crippen molar-refractivity contribution in [3.8, 4) is 0 Å². The molecule has 0 aliphatic heterocycles. The van der Waals surface area contributed by atoms with Gasteiger partial charge < -0.3 is 5.32 Å². The third-order valence-electron chi connectivity index (χ3n) is 2.42. The highest BCUT2D eigenvalue weighted by atomic mass is 79.9. The van der Waals surface area contributed by atoms with E-state index in [-0.39, 0.29) is 16.2 Å². The molecule has 1 rings (SSSR count). The molecule has 94 valence electrons. The van der Waals surface area contributed by atoms with Crippen molar-refractivity contribution in [1.82, 2.24) is 5.32 Å². The van der Waals surface area contributed by atoms with Gasteiger partial charge in [-0.15, -0.1) is 0 Å². The average Bonchev–Trinajstić information content (AvgIpc) is 2.30. The van der Waals surface area contributed by atoms with Gasteiger partial charge in [0.15, 0.2) is 0 Å². The van der Waals surface area contributed by atoms with E-state index in [9.17, 15) is 9.18 Å². The number of hydrogen-bond donors (Lipinski definition) is 1. The van der Waals surface area contributed by atoms with E-state index < -0.39 is 5.82 Å². The fraction of sp³-hybridized carbons (Fsp3) is 0.417. The van der Waals surface area contributed by atoms with Crippen LogP contribution in [0.1, 0.15) is 24.2 Å². The fourth-order valence-electron chi connectivity index (χ4n) is 1.14. The van der Waals surface area contributed by atoms with Crippen LogP contribution in [0.2, 0.25) is 0 Å². The molecular weight excluding hydrogens is 305 g/mol. The van der Waals surface area contributed by atoms with E-state index in [4.69, 9.17) is 0 Å². The zero-order chi connectivity index (χ0) is 13.1. The Balaban J connectivity index is 2.74. The van der Waals surface area contributed by atoms with Gasteiger partial charge in [0.2, 0.25) is 0 Å². The molecule has 17 heavy (non-hydrogen) atoms. The van der Waals surface area contributed by atoms with Crippen molar-refractivity contribution in [1.29, 1.82) is 0 Å². The van der Waals surface area contributed by atoms with Gasteiger partial charge in [0.25, 0.3) is 5.91 Å². The van der Waals surface area contributed by atoms with Gasteiger partial charge in [-0.25, -0.2) is 4.39 Å². The highest BCUT2D eigenvalue weighted by Crippen LogP contribution is 2.21. The van der Waals surface area contributed by atoms with E-state index in [0.717, 1.165) is 0 Å². The molecule has 0 radical (unpaired) electrons. The summed E-state index contributed by atoms with van der Waals surface area (Å²) in [5.74, 6) is -0.905. The predicted octanol–water partition coefficient (Wildman–Crippen LogP) is 3.46. The second-order valence-electron chi connectivity index (χ2n) is 4.25. The lowest BCUT2D eigenvalue weighted by Crippen LogP contribution is -2.36. The Hall–Kier alpha value is -0.550. The second-order valence-corrected chi connectivity index (χ2v) is 6.62. The van der Waals surface area contributed by atoms with E-state index in [2.05, 4.69) is 21.2 Å². The van der Waals surface area contributed by atoms with Crippen LogP contribution in [0.3, 0.4) is 0 Å². The first kappa shape index (κ1) is 14.5. The Bertz CT molecular complexity index is 423. The first-order valence-corrected chi connectivity index (χ1v) is 7.16. The topological polar surface area (TPSA) is 29.1 Å². The molecule has 0 bridgehead atoms. The van der Waals surface area contributed by atoms with Crippen LogP contribution in [-0.2, 0) is 0 Å². The third kappa shape index (κ3) is 4.00. The molecule has 2 nitrogen and oxygen atoms in total. The highest BCUT2D eigenvalue weighted by molar-refractivity contribution is 9.10. The first-order chi connectivity index (χ1) is 7.87. The third-order valence-corrected chi connectivity index (χ3v) is 4.29. The van der Waals surface area contributed by atoms with Gasteiger partial charge in [-0.05, 0) is 48.2 Å². The van der Waals surface area contributed by atoms with Gasteiger partial charge in [0.05, 0.1) is 10.0 Å². The second kappa shape index (κ2) is 5.87. The van der Waals surface area contributed by atoms with Crippen molar-refractivity contribution >= 4 is 33.6 Å². The van der Waals surface area contributed by atoms with Gasteiger partial charge in [-0.3, -0.25) is 4.79 Å². The standard InChI is InChI=1S/C12H15BrFNOS/c1-12(2,17-3)7-15-11(16)8-5-4-6-9(13)10(8)14/h4-6H,7H2,1-3H3,(H,15,16). The smallest absolute Gasteiger partial charge is 0.254 e. The molecule has 0 atom stereocenters. The minimum atomic E-state index is -0.521. The lowest BCUT2D eigenvalue weighted by molar-refractivity contribution is 0.0946. The monoisotopic (exact) mass is 319 g/mol. The van der Waals surface area contributed by atoms with Crippen LogP contribution >= 0.6 is 27.7 Å². The summed E-state index contributed by atoms with van der Waals surface area (Å²) in [6.07, 6.45) is 1.98. The van der Waals surface area contributed by atoms with Gasteiger partial charge in [-0.2, -0.15) is 11.8 Å². The molecule has 0 saturated heterocycles. The summed E-state index contributed by atoms with van der Waals surface area (Å²) in [6.45, 7) is 4.55. The lowest BCUT2D eigenvalue weighted by atomic mass is 10.1. The van der Waals surface area contributed by atoms with Crippen molar-refractivity contribution in [2.24, 2.45) is 0 Å². The van der Waals surface area contributed by atoms with Crippen LogP contribution in [0.4, 0.5) is 4.39 Å². The van der Waals surface area contributed by atoms with E-state index in [1.54, 1.807) is 23.9 Å². The van der Waals surface area contributed by atoms with Crippen molar-refractivity contribution in [2.45, 2.75) is 18.6 Å². The Morgan fingerprint density at radius 3 is 2.76 bits per heavy atom. The van der Waals surface area contributed by atoms with Gasteiger partial charge >= 0.3 is 0 Å². The summed E-state index contributed by atoms with van der Waals surface area (Å²) in [4.78, 5) is 11.8. The summed E-state index contributed by atoms with van der Waals surface area (Å²) in [5, 5.41) is 2.74. The lowest BCUT2D eigenvalue weighted by Gasteiger charge is -2.22. The molecule has 0 unspecified atom stereocenters. The zero-order valence-corrected chi connectivity index (χ0v) is 12.4. The number of carbonyl (C=O) groups is 1. The molecule has 1 aromatic carbocycles. The van der Waals surface area contributed by atoms with Gasteiger partial charge in [-0.1, -0.05) is 6.07 Å². The Kier molecular flexibility index (Phi) is 5.01. The number of amides is 1. The number of thioether (sulfide) groups is 1. The van der Waals surface area contributed by atoms with Crippen molar-refractivity contribution in [3.63, 3.8) is 0 Å². The molecule has 1 amide bonds. The SMILES string of the molecule is CSC(C)(C)CNC(=O)c1cccc(Br)c1F. The van der Waals surface area contributed by atoms with Gasteiger partial charge in [0.1, 0.15) is 5.82 Å². The molecule has 0 aromatic heterocycles. The number of benzene rings is 1. The van der Waals surface area contributed by atoms with Crippen LogP contribution in [0.5, 0.6) is 0 Å². The molecular formula is C12H15BrFNOS. The fourth-order valence-corrected chi connectivity index (χ4v) is 1.72. The van der Waals surface area contributed by atoms with Crippen molar-refractivity contribution in [2.75, 3.05) is 12.8 Å². The predicted molar refractivity (Wildman–Crippen MR) is 74.0 cm³/mol. The minimum absolute atomic E-state index is 0.0574. The van der Waals surface area contributed by atoms with E-state index >= 15 is 0 Å². The van der Waals surface area contributed by atoms with Crippen LogP contribution in [-0.4, -0.2) is 23.5 Å². The van der Waals surface area contributed by atoms with E-state index in [0.29, 0.717) is 11.0 Å². The zero-order valence-electron chi connectivity index (χ0n) is 10.0. The molecule has 1 aromatic rings. The summed E-state index contributed by atoms with van der Waals surface area (Å²) in [5.41, 5.74) is 0.0660. The Labute approximate surface area is 113 Å². The maximum Gasteiger partial charge on any atom is 0.254 e. The molecule has 0 aliphatic rings. The van der Waals surface area contributed by atoms with Crippen LogP contribution in [0.25, 0.3) is 0 Å². The summed E-state index contributed by atoms with van der Waals surface area (Å²) < 4.78 is 13.9. The highest BCUT2D eigenvalue weighted by Gasteiger charge is 2.19. The van der Waals surface area contributed by atoms with E-state index in [1.165, 1.54) is 6.07 Å². The van der Waals surface area contributed by atoms with Crippen molar-refractivity contribution in [3.05, 3.63) is 34.1 Å². The molecule has 1 N–H and O–H groups in total. The molecule has 0 saturated carbocycles. The number of rotatable bonds is 4. The number of halogens is 2. The number of nitrogens with one attached hydrogen (secondary N) is 1. The molecule has 0 aliphatic carbocycles. The Morgan fingerprint density at radius 1 is 1.53 bits per heavy atom. The Morgan fingerprint density at radius 2 is 2.18 bits per heavy atom. The molecule has 0 fully saturated rings. The summed E-state index contributed by atoms with van der Waals surface area (Å²) >= 11 is 4.71.